The van der Waals surface area contributed by atoms with Crippen molar-refractivity contribution >= 4 is 5.78 Å². The van der Waals surface area contributed by atoms with Crippen molar-refractivity contribution in [3.63, 3.8) is 0 Å². The Bertz CT molecular complexity index is 256. The zero-order valence-corrected chi connectivity index (χ0v) is 7.45. The second-order valence-corrected chi connectivity index (χ2v) is 2.82. The summed E-state index contributed by atoms with van der Waals surface area (Å²) in [5.74, 6) is 0.291. The first-order valence-electron chi connectivity index (χ1n) is 4.18. The number of nitrogens with zero attached hydrogens (tertiary/aromatic N) is 1. The van der Waals surface area contributed by atoms with Gasteiger partial charge in [0, 0.05) is 24.7 Å². The second kappa shape index (κ2) is 4.00. The quantitative estimate of drug-likeness (QED) is 0.683. The third-order valence-electron chi connectivity index (χ3n) is 2.04. The minimum atomic E-state index is 0.0120. The first-order chi connectivity index (χ1) is 5.75. The molecule has 64 valence electrons. The number of ketones is 1. The Hall–Kier alpha value is -1.18. The molecule has 0 aliphatic rings. The lowest BCUT2D eigenvalue weighted by atomic mass is 9.96. The molecule has 1 aromatic rings. The maximum absolute atomic E-state index is 11.3. The molecule has 0 amide bonds. The van der Waals surface area contributed by atoms with E-state index in [1.165, 1.54) is 0 Å². The Balaban J connectivity index is 2.78. The van der Waals surface area contributed by atoms with Crippen LogP contribution in [-0.2, 0) is 4.79 Å². The number of rotatable bonds is 3. The molecular weight excluding hydrogens is 150 g/mol. The van der Waals surface area contributed by atoms with Gasteiger partial charge in [-0.25, -0.2) is 0 Å². The molecule has 0 fully saturated rings. The third kappa shape index (κ3) is 1.91. The van der Waals surface area contributed by atoms with Gasteiger partial charge >= 0.3 is 0 Å². The Morgan fingerprint density at radius 2 is 2.08 bits per heavy atom. The standard InChI is InChI=1S/C10H13NO/c1-3-10(12)8(2)9-4-6-11-7-5-9/h4-8H,3H2,1-2H3. The van der Waals surface area contributed by atoms with Gasteiger partial charge in [0.25, 0.3) is 0 Å². The van der Waals surface area contributed by atoms with Crippen molar-refractivity contribution in [1.82, 2.24) is 4.98 Å². The van der Waals surface area contributed by atoms with Crippen LogP contribution in [0.4, 0.5) is 0 Å². The van der Waals surface area contributed by atoms with Crippen molar-refractivity contribution in [1.29, 1.82) is 0 Å². The number of carbonyl (C=O) groups is 1. The summed E-state index contributed by atoms with van der Waals surface area (Å²) in [5.41, 5.74) is 1.05. The molecule has 0 N–H and O–H groups in total. The van der Waals surface area contributed by atoms with E-state index in [1.807, 2.05) is 26.0 Å². The van der Waals surface area contributed by atoms with Crippen LogP contribution < -0.4 is 0 Å². The number of Topliss-reactive ketones (excluding diaryl/α,β-unsaturated/α-hetero) is 1. The zero-order chi connectivity index (χ0) is 8.97. The molecule has 1 aromatic heterocycles. The smallest absolute Gasteiger partial charge is 0.139 e. The van der Waals surface area contributed by atoms with E-state index in [0.717, 1.165) is 5.56 Å². The number of hydrogen-bond donors (Lipinski definition) is 0. The topological polar surface area (TPSA) is 30.0 Å². The van der Waals surface area contributed by atoms with Crippen LogP contribution in [0.2, 0.25) is 0 Å². The molecule has 12 heavy (non-hydrogen) atoms. The molecule has 2 heteroatoms. The lowest BCUT2D eigenvalue weighted by molar-refractivity contribution is -0.119. The van der Waals surface area contributed by atoms with Gasteiger partial charge in [0.2, 0.25) is 0 Å². The summed E-state index contributed by atoms with van der Waals surface area (Å²) in [6, 6.07) is 3.77. The summed E-state index contributed by atoms with van der Waals surface area (Å²) in [4.78, 5) is 15.2. The van der Waals surface area contributed by atoms with Crippen molar-refractivity contribution in [2.75, 3.05) is 0 Å². The average molecular weight is 163 g/mol. The predicted octanol–water partition coefficient (Wildman–Crippen LogP) is 2.16. The van der Waals surface area contributed by atoms with E-state index < -0.39 is 0 Å². The second-order valence-electron chi connectivity index (χ2n) is 2.82. The third-order valence-corrected chi connectivity index (χ3v) is 2.04. The van der Waals surface area contributed by atoms with Gasteiger partial charge in [-0.3, -0.25) is 9.78 Å². The number of pyridine rings is 1. The fourth-order valence-corrected chi connectivity index (χ4v) is 1.14. The van der Waals surface area contributed by atoms with Crippen molar-refractivity contribution in [3.8, 4) is 0 Å². The summed E-state index contributed by atoms with van der Waals surface area (Å²) in [6.45, 7) is 3.82. The van der Waals surface area contributed by atoms with Crippen molar-refractivity contribution in [2.24, 2.45) is 0 Å². The molecule has 2 nitrogen and oxygen atoms in total. The van der Waals surface area contributed by atoms with E-state index in [-0.39, 0.29) is 11.7 Å². The molecule has 1 rings (SSSR count). The number of hydrogen-bond acceptors (Lipinski definition) is 2. The highest BCUT2D eigenvalue weighted by molar-refractivity contribution is 5.84. The zero-order valence-electron chi connectivity index (χ0n) is 7.45. The Labute approximate surface area is 72.6 Å². The van der Waals surface area contributed by atoms with E-state index >= 15 is 0 Å². The van der Waals surface area contributed by atoms with Crippen LogP contribution in [0.25, 0.3) is 0 Å². The van der Waals surface area contributed by atoms with E-state index in [1.54, 1.807) is 12.4 Å². The highest BCUT2D eigenvalue weighted by atomic mass is 16.1. The lowest BCUT2D eigenvalue weighted by Gasteiger charge is -2.07. The van der Waals surface area contributed by atoms with Crippen molar-refractivity contribution in [3.05, 3.63) is 30.1 Å². The number of aromatic nitrogens is 1. The van der Waals surface area contributed by atoms with Crippen LogP contribution in [0.3, 0.4) is 0 Å². The van der Waals surface area contributed by atoms with Crippen LogP contribution >= 0.6 is 0 Å². The van der Waals surface area contributed by atoms with Gasteiger partial charge in [0.15, 0.2) is 0 Å². The van der Waals surface area contributed by atoms with E-state index in [9.17, 15) is 4.79 Å². The van der Waals surface area contributed by atoms with Gasteiger partial charge in [0.1, 0.15) is 5.78 Å². The molecule has 1 heterocycles. The summed E-state index contributed by atoms with van der Waals surface area (Å²) >= 11 is 0. The van der Waals surface area contributed by atoms with Crippen LogP contribution in [0.15, 0.2) is 24.5 Å². The summed E-state index contributed by atoms with van der Waals surface area (Å²) in [6.07, 6.45) is 4.03. The van der Waals surface area contributed by atoms with Gasteiger partial charge in [-0.15, -0.1) is 0 Å². The normalized spacial score (nSPS) is 12.5. The monoisotopic (exact) mass is 163 g/mol. The van der Waals surface area contributed by atoms with E-state index in [2.05, 4.69) is 4.98 Å². The maximum Gasteiger partial charge on any atom is 0.139 e. The Morgan fingerprint density at radius 1 is 1.50 bits per heavy atom. The van der Waals surface area contributed by atoms with Crippen molar-refractivity contribution < 1.29 is 4.79 Å². The maximum atomic E-state index is 11.3. The lowest BCUT2D eigenvalue weighted by Crippen LogP contribution is -2.07. The van der Waals surface area contributed by atoms with E-state index in [4.69, 9.17) is 0 Å². The first kappa shape index (κ1) is 8.91. The fourth-order valence-electron chi connectivity index (χ4n) is 1.14. The molecule has 0 aliphatic carbocycles. The molecule has 0 radical (unpaired) electrons. The molecule has 0 aromatic carbocycles. The SMILES string of the molecule is CCC(=O)C(C)c1ccncc1. The highest BCUT2D eigenvalue weighted by Gasteiger charge is 2.11. The molecule has 0 saturated heterocycles. The van der Waals surface area contributed by atoms with Gasteiger partial charge in [-0.1, -0.05) is 13.8 Å². The van der Waals surface area contributed by atoms with Gasteiger partial charge < -0.3 is 0 Å². The number of carbonyl (C=O) groups excluding carboxylic acids is 1. The van der Waals surface area contributed by atoms with Crippen LogP contribution in [-0.4, -0.2) is 10.8 Å². The van der Waals surface area contributed by atoms with Crippen LogP contribution in [0, 0.1) is 0 Å². The summed E-state index contributed by atoms with van der Waals surface area (Å²) < 4.78 is 0. The average Bonchev–Trinajstić information content (AvgIpc) is 2.17. The molecule has 1 unspecified atom stereocenters. The van der Waals surface area contributed by atoms with Crippen molar-refractivity contribution in [2.45, 2.75) is 26.2 Å². The molecule has 1 atom stereocenters. The molecule has 0 aliphatic heterocycles. The Morgan fingerprint density at radius 3 is 2.58 bits per heavy atom. The van der Waals surface area contributed by atoms with Crippen LogP contribution in [0.5, 0.6) is 0 Å². The minimum absolute atomic E-state index is 0.0120. The molecular formula is C10H13NO. The molecule has 0 bridgehead atoms. The summed E-state index contributed by atoms with van der Waals surface area (Å²) in [7, 11) is 0. The molecule has 0 saturated carbocycles. The predicted molar refractivity (Wildman–Crippen MR) is 48.0 cm³/mol. The van der Waals surface area contributed by atoms with Gasteiger partial charge in [-0.05, 0) is 17.7 Å². The van der Waals surface area contributed by atoms with Crippen LogP contribution in [0.1, 0.15) is 31.7 Å². The minimum Gasteiger partial charge on any atom is -0.299 e. The van der Waals surface area contributed by atoms with E-state index in [0.29, 0.717) is 6.42 Å². The largest absolute Gasteiger partial charge is 0.299 e. The fraction of sp³-hybridized carbons (Fsp3) is 0.400. The molecule has 0 spiro atoms. The summed E-state index contributed by atoms with van der Waals surface area (Å²) in [5, 5.41) is 0. The highest BCUT2D eigenvalue weighted by Crippen LogP contribution is 2.15. The first-order valence-corrected chi connectivity index (χ1v) is 4.18. The van der Waals surface area contributed by atoms with Gasteiger partial charge in [-0.2, -0.15) is 0 Å². The van der Waals surface area contributed by atoms with Gasteiger partial charge in [0.05, 0.1) is 0 Å². The Kier molecular flexibility index (Phi) is 2.97.